The highest BCUT2D eigenvalue weighted by Crippen LogP contribution is 2.40. The average molecular weight is 833 g/mol. The Kier molecular flexibility index (Phi) is 41.6. The molecule has 60 heavy (non-hydrogen) atoms. The Morgan fingerprint density at radius 1 is 0.367 bits per heavy atom. The molecule has 0 aromatic heterocycles. The first-order valence-electron chi connectivity index (χ1n) is 26.5. The zero-order chi connectivity index (χ0) is 43.1. The number of carbonyl (C=O) groups excluding carboxylic acids is 1. The molecule has 0 amide bonds. The molecule has 3 nitrogen and oxygen atoms in total. The fraction of sp³-hybridized carbons (Fsp3) is 0.772. The monoisotopic (exact) mass is 833 g/mol. The number of unbranched alkanes of at least 4 members (excludes halogenated alkanes) is 27. The first-order valence-corrected chi connectivity index (χ1v) is 26.5. The Hall–Kier alpha value is -2.29. The molecule has 1 aliphatic rings. The van der Waals surface area contributed by atoms with Crippen molar-refractivity contribution in [3.8, 4) is 0 Å². The lowest BCUT2D eigenvalue weighted by Crippen LogP contribution is -2.40. The van der Waals surface area contributed by atoms with Crippen molar-refractivity contribution in [2.24, 2.45) is 0 Å². The number of hydrogen-bond donors (Lipinski definition) is 0. The van der Waals surface area contributed by atoms with E-state index in [0.717, 1.165) is 57.8 Å². The lowest BCUT2D eigenvalue weighted by molar-refractivity contribution is 0.00380. The molecule has 1 saturated heterocycles. The molecule has 0 aliphatic carbocycles. The number of rotatable bonds is 45. The van der Waals surface area contributed by atoms with Crippen LogP contribution in [0.25, 0.3) is 0 Å². The largest absolute Gasteiger partial charge is 0.509 e. The molecule has 0 spiro atoms. The van der Waals surface area contributed by atoms with E-state index in [1.165, 1.54) is 193 Å². The van der Waals surface area contributed by atoms with Crippen molar-refractivity contribution >= 4 is 6.16 Å². The van der Waals surface area contributed by atoms with Gasteiger partial charge in [-0.2, -0.15) is 0 Å². The summed E-state index contributed by atoms with van der Waals surface area (Å²) in [7, 11) is 0. The highest BCUT2D eigenvalue weighted by Gasteiger charge is 2.49. The van der Waals surface area contributed by atoms with Gasteiger partial charge in [0.25, 0.3) is 0 Å². The SMILES string of the molecule is CCCCC/C=C\C/C=C\CCCCCCCCC1OC(=O)OC1(CCCCCCCC/C=C\C/C=C\CCCCC)CCCCCCCC/C=C\C/C=C\CCCCC. The van der Waals surface area contributed by atoms with Crippen molar-refractivity contribution in [2.45, 2.75) is 283 Å². The van der Waals surface area contributed by atoms with Crippen LogP contribution >= 0.6 is 0 Å². The number of allylic oxidation sites excluding steroid dienone is 12. The van der Waals surface area contributed by atoms with Crippen LogP contribution in [0.1, 0.15) is 271 Å². The fourth-order valence-electron chi connectivity index (χ4n) is 8.49. The lowest BCUT2D eigenvalue weighted by atomic mass is 9.82. The summed E-state index contributed by atoms with van der Waals surface area (Å²) in [6.45, 7) is 6.80. The molecule has 1 aliphatic heterocycles. The van der Waals surface area contributed by atoms with E-state index in [1.54, 1.807) is 0 Å². The summed E-state index contributed by atoms with van der Waals surface area (Å²) < 4.78 is 12.2. The van der Waals surface area contributed by atoms with E-state index in [0.29, 0.717) is 0 Å². The van der Waals surface area contributed by atoms with Gasteiger partial charge in [-0.1, -0.05) is 209 Å². The van der Waals surface area contributed by atoms with Gasteiger partial charge in [-0.05, 0) is 135 Å². The van der Waals surface area contributed by atoms with Crippen molar-refractivity contribution < 1.29 is 14.3 Å². The van der Waals surface area contributed by atoms with E-state index in [1.807, 2.05) is 0 Å². The normalized spacial score (nSPS) is 15.7. The number of hydrogen-bond acceptors (Lipinski definition) is 3. The van der Waals surface area contributed by atoms with Crippen LogP contribution in [-0.2, 0) is 9.47 Å². The van der Waals surface area contributed by atoms with Gasteiger partial charge >= 0.3 is 6.16 Å². The second-order valence-corrected chi connectivity index (χ2v) is 18.1. The van der Waals surface area contributed by atoms with Gasteiger partial charge < -0.3 is 9.47 Å². The summed E-state index contributed by atoms with van der Waals surface area (Å²) in [5.41, 5.74) is -0.418. The van der Waals surface area contributed by atoms with E-state index in [-0.39, 0.29) is 6.10 Å². The lowest BCUT2D eigenvalue weighted by Gasteiger charge is -2.31. The Balaban J connectivity index is 2.41. The second-order valence-electron chi connectivity index (χ2n) is 18.1. The molecule has 0 aromatic rings. The van der Waals surface area contributed by atoms with Gasteiger partial charge in [-0.15, -0.1) is 0 Å². The maximum absolute atomic E-state index is 12.7. The summed E-state index contributed by atoms with van der Waals surface area (Å²) >= 11 is 0. The van der Waals surface area contributed by atoms with Gasteiger partial charge in [0.05, 0.1) is 0 Å². The van der Waals surface area contributed by atoms with Crippen molar-refractivity contribution in [3.63, 3.8) is 0 Å². The Labute approximate surface area is 374 Å². The van der Waals surface area contributed by atoms with E-state index in [4.69, 9.17) is 9.47 Å². The van der Waals surface area contributed by atoms with Gasteiger partial charge in [0.2, 0.25) is 0 Å². The van der Waals surface area contributed by atoms with Crippen LogP contribution in [0.5, 0.6) is 0 Å². The quantitative estimate of drug-likeness (QED) is 0.0348. The molecule has 1 heterocycles. The van der Waals surface area contributed by atoms with Crippen molar-refractivity contribution in [3.05, 3.63) is 72.9 Å². The molecule has 0 aromatic carbocycles. The molecule has 1 atom stereocenters. The summed E-state index contributed by atoms with van der Waals surface area (Å²) in [6.07, 6.45) is 75.5. The first-order chi connectivity index (χ1) is 29.7. The van der Waals surface area contributed by atoms with Crippen molar-refractivity contribution in [1.29, 1.82) is 0 Å². The molecule has 346 valence electrons. The molecular weight excluding hydrogens is 733 g/mol. The Morgan fingerprint density at radius 3 is 0.983 bits per heavy atom. The third-order valence-electron chi connectivity index (χ3n) is 12.4. The zero-order valence-electron chi connectivity index (χ0n) is 40.3. The van der Waals surface area contributed by atoms with Crippen LogP contribution in [-0.4, -0.2) is 17.9 Å². The minimum atomic E-state index is -0.418. The maximum atomic E-state index is 12.7. The molecule has 0 bridgehead atoms. The van der Waals surface area contributed by atoms with Crippen LogP contribution in [0.3, 0.4) is 0 Å². The van der Waals surface area contributed by atoms with Crippen LogP contribution in [0.15, 0.2) is 72.9 Å². The van der Waals surface area contributed by atoms with Crippen LogP contribution in [0.4, 0.5) is 4.79 Å². The predicted molar refractivity (Wildman–Crippen MR) is 266 cm³/mol. The fourth-order valence-corrected chi connectivity index (χ4v) is 8.49. The van der Waals surface area contributed by atoms with Gasteiger partial charge in [-0.25, -0.2) is 4.79 Å². The maximum Gasteiger partial charge on any atom is 0.509 e. The smallest absolute Gasteiger partial charge is 0.427 e. The Bertz CT molecular complexity index is 1040. The molecule has 1 fully saturated rings. The number of cyclic esters (lactones) is 2. The average Bonchev–Trinajstić information content (AvgIpc) is 3.57. The molecule has 3 heteroatoms. The van der Waals surface area contributed by atoms with E-state index in [9.17, 15) is 4.79 Å². The summed E-state index contributed by atoms with van der Waals surface area (Å²) in [6, 6.07) is 0. The predicted octanol–water partition coefficient (Wildman–Crippen LogP) is 19.9. The van der Waals surface area contributed by atoms with Crippen LogP contribution in [0, 0.1) is 0 Å². The number of ether oxygens (including phenoxy) is 2. The topological polar surface area (TPSA) is 35.5 Å². The molecule has 1 unspecified atom stereocenters. The third kappa shape index (κ3) is 35.3. The van der Waals surface area contributed by atoms with Gasteiger partial charge in [0.1, 0.15) is 6.10 Å². The summed E-state index contributed by atoms with van der Waals surface area (Å²) in [4.78, 5) is 12.7. The standard InChI is InChI=1S/C57H100O3/c1-4-7-10-13-16-19-22-25-28-31-34-37-40-43-46-49-52-55-57(60-56(58)59-55,53-50-47-44-41-38-35-32-29-26-23-20-17-14-11-8-5-2)54-51-48-45-42-39-36-33-30-27-24-21-18-15-12-9-6-3/h16-21,25-30,55H,4-15,22-24,31-54H2,1-3H3/b19-16-,20-17-,21-18-,28-25-,29-26-,30-27-. The van der Waals surface area contributed by atoms with Crippen LogP contribution in [0.2, 0.25) is 0 Å². The van der Waals surface area contributed by atoms with Gasteiger partial charge in [-0.3, -0.25) is 0 Å². The third-order valence-corrected chi connectivity index (χ3v) is 12.4. The first kappa shape index (κ1) is 55.7. The minimum absolute atomic E-state index is 0.0771. The summed E-state index contributed by atoms with van der Waals surface area (Å²) in [5, 5.41) is 0. The zero-order valence-corrected chi connectivity index (χ0v) is 40.3. The summed E-state index contributed by atoms with van der Waals surface area (Å²) in [5.74, 6) is 0. The second kappa shape index (κ2) is 44.8. The molecule has 0 N–H and O–H groups in total. The van der Waals surface area contributed by atoms with Gasteiger partial charge in [0, 0.05) is 0 Å². The molecule has 0 radical (unpaired) electrons. The van der Waals surface area contributed by atoms with Crippen molar-refractivity contribution in [1.82, 2.24) is 0 Å². The highest BCUT2D eigenvalue weighted by molar-refractivity contribution is 5.63. The van der Waals surface area contributed by atoms with Gasteiger partial charge in [0.15, 0.2) is 5.60 Å². The van der Waals surface area contributed by atoms with E-state index >= 15 is 0 Å². The number of carbonyl (C=O) groups is 1. The van der Waals surface area contributed by atoms with E-state index < -0.39 is 11.8 Å². The van der Waals surface area contributed by atoms with Crippen molar-refractivity contribution in [2.75, 3.05) is 0 Å². The molecular formula is C57H100O3. The Morgan fingerprint density at radius 2 is 0.650 bits per heavy atom. The minimum Gasteiger partial charge on any atom is -0.427 e. The van der Waals surface area contributed by atoms with E-state index in [2.05, 4.69) is 93.7 Å². The highest BCUT2D eigenvalue weighted by atomic mass is 16.8. The molecule has 1 rings (SSSR count). The van der Waals surface area contributed by atoms with Crippen LogP contribution < -0.4 is 0 Å². The molecule has 0 saturated carbocycles.